The van der Waals surface area contributed by atoms with Gasteiger partial charge in [-0.25, -0.2) is 4.79 Å². The van der Waals surface area contributed by atoms with Crippen molar-refractivity contribution in [2.45, 2.75) is 26.7 Å². The number of anilines is 1. The lowest BCUT2D eigenvalue weighted by Gasteiger charge is -2.34. The third-order valence-electron chi connectivity index (χ3n) is 4.73. The van der Waals surface area contributed by atoms with Crippen LogP contribution in [0.3, 0.4) is 0 Å². The highest BCUT2D eigenvalue weighted by atomic mass is 16.2. The van der Waals surface area contributed by atoms with Crippen molar-refractivity contribution in [3.63, 3.8) is 0 Å². The summed E-state index contributed by atoms with van der Waals surface area (Å²) in [4.78, 5) is 28.5. The Morgan fingerprint density at radius 2 is 1.85 bits per heavy atom. The molecule has 136 valence electrons. The fourth-order valence-electron chi connectivity index (χ4n) is 3.06. The SMILES string of the molecule is CC=CC=C(C)C(=O)C1CCN(C(=O)N(C)c2ccc(C#N)cc2)CC1. The summed E-state index contributed by atoms with van der Waals surface area (Å²) in [5, 5.41) is 8.86. The van der Waals surface area contributed by atoms with E-state index in [0.29, 0.717) is 31.5 Å². The first-order valence-corrected chi connectivity index (χ1v) is 8.84. The molecule has 5 nitrogen and oxygen atoms in total. The molecule has 0 atom stereocenters. The molecule has 0 N–H and O–H groups in total. The first kappa shape index (κ1) is 19.5. The number of benzene rings is 1. The molecule has 0 radical (unpaired) electrons. The number of urea groups is 1. The zero-order chi connectivity index (χ0) is 19.1. The number of allylic oxidation sites excluding steroid dienone is 4. The molecule has 1 aromatic rings. The molecule has 1 heterocycles. The van der Waals surface area contributed by atoms with E-state index >= 15 is 0 Å². The van der Waals surface area contributed by atoms with Crippen molar-refractivity contribution in [2.24, 2.45) is 5.92 Å². The van der Waals surface area contributed by atoms with Crippen molar-refractivity contribution in [1.82, 2.24) is 4.90 Å². The molecule has 1 aliphatic rings. The van der Waals surface area contributed by atoms with Crippen LogP contribution in [0.1, 0.15) is 32.3 Å². The molecule has 5 heteroatoms. The van der Waals surface area contributed by atoms with E-state index in [0.717, 1.165) is 11.3 Å². The molecule has 0 aromatic heterocycles. The van der Waals surface area contributed by atoms with E-state index in [4.69, 9.17) is 5.26 Å². The Kier molecular flexibility index (Phi) is 6.74. The summed E-state index contributed by atoms with van der Waals surface area (Å²) in [6.07, 6.45) is 6.99. The Balaban J connectivity index is 1.95. The van der Waals surface area contributed by atoms with E-state index in [1.807, 2.05) is 32.1 Å². The van der Waals surface area contributed by atoms with E-state index in [2.05, 4.69) is 6.07 Å². The summed E-state index contributed by atoms with van der Waals surface area (Å²) in [7, 11) is 1.73. The van der Waals surface area contributed by atoms with Gasteiger partial charge in [-0.2, -0.15) is 5.26 Å². The molecule has 1 aliphatic heterocycles. The summed E-state index contributed by atoms with van der Waals surface area (Å²) in [6.45, 7) is 4.92. The second kappa shape index (κ2) is 9.00. The first-order chi connectivity index (χ1) is 12.5. The van der Waals surface area contributed by atoms with Gasteiger partial charge in [-0.15, -0.1) is 0 Å². The lowest BCUT2D eigenvalue weighted by molar-refractivity contribution is -0.120. The number of amides is 2. The first-order valence-electron chi connectivity index (χ1n) is 8.84. The third kappa shape index (κ3) is 4.60. The average Bonchev–Trinajstić information content (AvgIpc) is 2.70. The topological polar surface area (TPSA) is 64.4 Å². The Bertz CT molecular complexity index is 748. The molecule has 0 saturated carbocycles. The number of carbonyl (C=O) groups is 2. The second-order valence-corrected chi connectivity index (χ2v) is 6.50. The molecular weight excluding hydrogens is 326 g/mol. The predicted octanol–water partition coefficient (Wildman–Crippen LogP) is 3.92. The molecule has 0 unspecified atom stereocenters. The van der Waals surface area contributed by atoms with Crippen LogP contribution in [0.2, 0.25) is 0 Å². The van der Waals surface area contributed by atoms with Crippen LogP contribution in [0, 0.1) is 17.2 Å². The van der Waals surface area contributed by atoms with Gasteiger partial charge < -0.3 is 4.90 Å². The van der Waals surface area contributed by atoms with Crippen molar-refractivity contribution >= 4 is 17.5 Å². The van der Waals surface area contributed by atoms with Gasteiger partial charge in [0.1, 0.15) is 0 Å². The van der Waals surface area contributed by atoms with Gasteiger partial charge >= 0.3 is 6.03 Å². The smallest absolute Gasteiger partial charge is 0.324 e. The Morgan fingerprint density at radius 3 is 2.38 bits per heavy atom. The summed E-state index contributed by atoms with van der Waals surface area (Å²) in [5.74, 6) is 0.163. The van der Waals surface area contributed by atoms with E-state index in [-0.39, 0.29) is 17.7 Å². The van der Waals surface area contributed by atoms with Crippen LogP contribution < -0.4 is 4.90 Å². The number of hydrogen-bond donors (Lipinski definition) is 0. The highest BCUT2D eigenvalue weighted by molar-refractivity contribution is 5.97. The van der Waals surface area contributed by atoms with Crippen LogP contribution in [0.5, 0.6) is 0 Å². The molecular formula is C21H25N3O2. The minimum atomic E-state index is -0.0817. The van der Waals surface area contributed by atoms with Crippen LogP contribution >= 0.6 is 0 Å². The molecule has 1 fully saturated rings. The Morgan fingerprint density at radius 1 is 1.23 bits per heavy atom. The number of Topliss-reactive ketones (excluding diaryl/α,β-unsaturated/α-hetero) is 1. The number of carbonyl (C=O) groups excluding carboxylic acids is 2. The van der Waals surface area contributed by atoms with Gasteiger partial charge in [0.2, 0.25) is 0 Å². The fraction of sp³-hybridized carbons (Fsp3) is 0.381. The molecule has 2 amide bonds. The zero-order valence-electron chi connectivity index (χ0n) is 15.6. The van der Waals surface area contributed by atoms with Crippen LogP contribution in [-0.2, 0) is 4.79 Å². The predicted molar refractivity (Wildman–Crippen MR) is 103 cm³/mol. The number of hydrogen-bond acceptors (Lipinski definition) is 3. The number of ketones is 1. The van der Waals surface area contributed by atoms with Gasteiger partial charge in [-0.3, -0.25) is 9.69 Å². The summed E-state index contributed by atoms with van der Waals surface area (Å²) in [5.41, 5.74) is 2.08. The maximum absolute atomic E-state index is 12.7. The van der Waals surface area contributed by atoms with E-state index in [1.165, 1.54) is 0 Å². The van der Waals surface area contributed by atoms with Crippen molar-refractivity contribution in [1.29, 1.82) is 5.26 Å². The maximum atomic E-state index is 12.7. The highest BCUT2D eigenvalue weighted by Gasteiger charge is 2.29. The molecule has 2 rings (SSSR count). The average molecular weight is 351 g/mol. The number of likely N-dealkylation sites (tertiary alicyclic amines) is 1. The van der Waals surface area contributed by atoms with E-state index in [9.17, 15) is 9.59 Å². The zero-order valence-corrected chi connectivity index (χ0v) is 15.6. The van der Waals surface area contributed by atoms with Crippen LogP contribution in [0.25, 0.3) is 0 Å². The fourth-order valence-corrected chi connectivity index (χ4v) is 3.06. The van der Waals surface area contributed by atoms with Crippen molar-refractivity contribution in [2.75, 3.05) is 25.0 Å². The molecule has 1 saturated heterocycles. The molecule has 26 heavy (non-hydrogen) atoms. The Labute approximate surface area is 155 Å². The number of nitriles is 1. The monoisotopic (exact) mass is 351 g/mol. The van der Waals surface area contributed by atoms with Crippen molar-refractivity contribution in [3.05, 3.63) is 53.6 Å². The number of rotatable bonds is 4. The minimum Gasteiger partial charge on any atom is -0.324 e. The van der Waals surface area contributed by atoms with Crippen LogP contribution in [-0.4, -0.2) is 36.9 Å². The van der Waals surface area contributed by atoms with E-state index < -0.39 is 0 Å². The lowest BCUT2D eigenvalue weighted by Crippen LogP contribution is -2.46. The quantitative estimate of drug-likeness (QED) is 0.610. The van der Waals surface area contributed by atoms with Crippen molar-refractivity contribution < 1.29 is 9.59 Å². The van der Waals surface area contributed by atoms with Gasteiger partial charge in [0.25, 0.3) is 0 Å². The van der Waals surface area contributed by atoms with Crippen LogP contribution in [0.4, 0.5) is 10.5 Å². The largest absolute Gasteiger partial charge is 0.324 e. The standard InChI is InChI=1S/C21H25N3O2/c1-4-5-6-16(2)20(25)18-11-13-24(14-12-18)21(26)23(3)19-9-7-17(15-22)8-10-19/h4-10,18H,11-14H2,1-3H3. The molecule has 1 aromatic carbocycles. The van der Waals surface area contributed by atoms with Gasteiger partial charge in [0.15, 0.2) is 5.78 Å². The Hall–Kier alpha value is -2.87. The minimum absolute atomic E-state index is 0.0132. The third-order valence-corrected chi connectivity index (χ3v) is 4.73. The second-order valence-electron chi connectivity index (χ2n) is 6.50. The maximum Gasteiger partial charge on any atom is 0.324 e. The van der Waals surface area contributed by atoms with Crippen LogP contribution in [0.15, 0.2) is 48.1 Å². The van der Waals surface area contributed by atoms with E-state index in [1.54, 1.807) is 41.1 Å². The summed E-state index contributed by atoms with van der Waals surface area (Å²) < 4.78 is 0. The van der Waals surface area contributed by atoms with Gasteiger partial charge in [0, 0.05) is 31.7 Å². The van der Waals surface area contributed by atoms with Crippen molar-refractivity contribution in [3.8, 4) is 6.07 Å². The molecule has 0 spiro atoms. The summed E-state index contributed by atoms with van der Waals surface area (Å²) >= 11 is 0. The number of piperidine rings is 1. The highest BCUT2D eigenvalue weighted by Crippen LogP contribution is 2.23. The molecule has 0 bridgehead atoms. The van der Waals surface area contributed by atoms with Gasteiger partial charge in [0.05, 0.1) is 11.6 Å². The van der Waals surface area contributed by atoms with Gasteiger partial charge in [-0.05, 0) is 56.5 Å². The summed E-state index contributed by atoms with van der Waals surface area (Å²) in [6, 6.07) is 8.92. The normalized spacial score (nSPS) is 15.8. The lowest BCUT2D eigenvalue weighted by atomic mass is 9.89. The molecule has 0 aliphatic carbocycles. The van der Waals surface area contributed by atoms with Gasteiger partial charge in [-0.1, -0.05) is 18.2 Å². The number of nitrogens with zero attached hydrogens (tertiary/aromatic N) is 3.